The average molecular weight is 301 g/mol. The van der Waals surface area contributed by atoms with Crippen molar-refractivity contribution < 1.29 is 13.2 Å². The molecule has 1 aliphatic heterocycles. The highest BCUT2D eigenvalue weighted by molar-refractivity contribution is 7.88. The molecule has 7 heteroatoms. The Morgan fingerprint density at radius 1 is 1.50 bits per heavy atom. The highest BCUT2D eigenvalue weighted by Gasteiger charge is 2.33. The second-order valence-corrected chi connectivity index (χ2v) is 7.48. The van der Waals surface area contributed by atoms with E-state index in [0.717, 1.165) is 0 Å². The minimum atomic E-state index is -3.24. The van der Waals surface area contributed by atoms with Crippen LogP contribution in [-0.4, -0.2) is 55.5 Å². The third-order valence-corrected chi connectivity index (χ3v) is 4.84. The van der Waals surface area contributed by atoms with E-state index in [-0.39, 0.29) is 24.4 Å². The highest BCUT2D eigenvalue weighted by atomic mass is 32.2. The van der Waals surface area contributed by atoms with Crippen LogP contribution in [0.3, 0.4) is 0 Å². The number of sulfonamides is 1. The van der Waals surface area contributed by atoms with Gasteiger partial charge in [0, 0.05) is 25.7 Å². The zero-order chi connectivity index (χ0) is 15.3. The van der Waals surface area contributed by atoms with Crippen LogP contribution < -0.4 is 0 Å². The summed E-state index contributed by atoms with van der Waals surface area (Å²) in [5.74, 6) is -0.330. The van der Waals surface area contributed by atoms with Crippen molar-refractivity contribution in [2.45, 2.75) is 39.2 Å². The molecule has 1 rings (SSSR count). The molecule has 6 nitrogen and oxygen atoms in total. The lowest BCUT2D eigenvalue weighted by Gasteiger charge is -2.35. The van der Waals surface area contributed by atoms with Gasteiger partial charge in [0.05, 0.1) is 24.7 Å². The fourth-order valence-electron chi connectivity index (χ4n) is 2.47. The van der Waals surface area contributed by atoms with E-state index < -0.39 is 10.0 Å². The van der Waals surface area contributed by atoms with E-state index in [0.29, 0.717) is 32.4 Å². The van der Waals surface area contributed by atoms with Gasteiger partial charge >= 0.3 is 0 Å². The van der Waals surface area contributed by atoms with Crippen LogP contribution in [0.4, 0.5) is 0 Å². The summed E-state index contributed by atoms with van der Waals surface area (Å²) >= 11 is 0. The molecule has 1 amide bonds. The summed E-state index contributed by atoms with van der Waals surface area (Å²) in [7, 11) is -3.24. The van der Waals surface area contributed by atoms with Gasteiger partial charge in [0.2, 0.25) is 15.9 Å². The van der Waals surface area contributed by atoms with Gasteiger partial charge in [0.25, 0.3) is 0 Å². The Hall–Kier alpha value is -1.13. The normalized spacial score (nSPS) is 20.6. The van der Waals surface area contributed by atoms with E-state index in [1.807, 2.05) is 19.9 Å². The Morgan fingerprint density at radius 2 is 2.15 bits per heavy atom. The average Bonchev–Trinajstić information content (AvgIpc) is 2.37. The molecule has 1 atom stereocenters. The fourth-order valence-corrected chi connectivity index (χ4v) is 3.38. The lowest BCUT2D eigenvalue weighted by atomic mass is 9.97. The van der Waals surface area contributed by atoms with Crippen molar-refractivity contribution in [2.75, 3.05) is 25.9 Å². The zero-order valence-electron chi connectivity index (χ0n) is 12.4. The van der Waals surface area contributed by atoms with Gasteiger partial charge in [-0.25, -0.2) is 12.7 Å². The molecule has 114 valence electrons. The molecule has 20 heavy (non-hydrogen) atoms. The van der Waals surface area contributed by atoms with Crippen molar-refractivity contribution >= 4 is 15.9 Å². The highest BCUT2D eigenvalue weighted by Crippen LogP contribution is 2.21. The number of carbonyl (C=O) groups is 1. The fraction of sp³-hybridized carbons (Fsp3) is 0.846. The van der Waals surface area contributed by atoms with Gasteiger partial charge in [-0.05, 0) is 26.7 Å². The van der Waals surface area contributed by atoms with E-state index in [2.05, 4.69) is 0 Å². The number of rotatable bonds is 5. The topological polar surface area (TPSA) is 81.5 Å². The first-order chi connectivity index (χ1) is 9.27. The molecule has 0 aromatic heterocycles. The van der Waals surface area contributed by atoms with Crippen molar-refractivity contribution in [3.05, 3.63) is 0 Å². The predicted octanol–water partition coefficient (Wildman–Crippen LogP) is 0.809. The molecule has 0 aliphatic carbocycles. The molecule has 0 bridgehead atoms. The molecule has 0 radical (unpaired) electrons. The van der Waals surface area contributed by atoms with Crippen LogP contribution >= 0.6 is 0 Å². The lowest BCUT2D eigenvalue weighted by Crippen LogP contribution is -2.48. The van der Waals surface area contributed by atoms with E-state index in [4.69, 9.17) is 5.26 Å². The van der Waals surface area contributed by atoms with Crippen LogP contribution in [-0.2, 0) is 14.8 Å². The Bertz CT molecular complexity index is 482. The molecule has 1 fully saturated rings. The van der Waals surface area contributed by atoms with Crippen LogP contribution in [0.5, 0.6) is 0 Å². The Labute approximate surface area is 121 Å². The first kappa shape index (κ1) is 16.9. The Kier molecular flexibility index (Phi) is 5.96. The van der Waals surface area contributed by atoms with Gasteiger partial charge in [-0.2, -0.15) is 5.26 Å². The molecule has 0 N–H and O–H groups in total. The molecule has 0 aromatic carbocycles. The van der Waals surface area contributed by atoms with Crippen molar-refractivity contribution in [3.63, 3.8) is 0 Å². The standard InChI is InChI=1S/C13H23N3O3S/c1-11(2)16(9-5-7-14)13(17)12-6-4-8-15(10-12)20(3,18)19/h11-12H,4-6,8-10H2,1-3H3/t12-/m1/s1. The van der Waals surface area contributed by atoms with Crippen molar-refractivity contribution in [3.8, 4) is 6.07 Å². The summed E-state index contributed by atoms with van der Waals surface area (Å²) in [5, 5.41) is 8.66. The number of hydrogen-bond acceptors (Lipinski definition) is 4. The third kappa shape index (κ3) is 4.46. The third-order valence-electron chi connectivity index (χ3n) is 3.57. The van der Waals surface area contributed by atoms with E-state index in [9.17, 15) is 13.2 Å². The number of nitriles is 1. The zero-order valence-corrected chi connectivity index (χ0v) is 13.2. The second kappa shape index (κ2) is 7.04. The number of hydrogen-bond donors (Lipinski definition) is 0. The molecular formula is C13H23N3O3S. The van der Waals surface area contributed by atoms with E-state index in [1.54, 1.807) is 4.90 Å². The van der Waals surface area contributed by atoms with Crippen LogP contribution in [0, 0.1) is 17.2 Å². The molecule has 0 unspecified atom stereocenters. The molecule has 0 spiro atoms. The van der Waals surface area contributed by atoms with Crippen LogP contribution in [0.15, 0.2) is 0 Å². The maximum absolute atomic E-state index is 12.5. The van der Waals surface area contributed by atoms with Gasteiger partial charge in [0.1, 0.15) is 0 Å². The van der Waals surface area contributed by atoms with Gasteiger partial charge in [-0.1, -0.05) is 0 Å². The first-order valence-electron chi connectivity index (χ1n) is 6.90. The number of amides is 1. The van der Waals surface area contributed by atoms with Gasteiger partial charge in [0.15, 0.2) is 0 Å². The van der Waals surface area contributed by atoms with Gasteiger partial charge in [-0.15, -0.1) is 0 Å². The van der Waals surface area contributed by atoms with Crippen molar-refractivity contribution in [1.82, 2.24) is 9.21 Å². The molecule has 1 heterocycles. The molecule has 1 aliphatic rings. The van der Waals surface area contributed by atoms with Crippen molar-refractivity contribution in [2.24, 2.45) is 5.92 Å². The maximum Gasteiger partial charge on any atom is 0.227 e. The largest absolute Gasteiger partial charge is 0.339 e. The smallest absolute Gasteiger partial charge is 0.227 e. The molecular weight excluding hydrogens is 278 g/mol. The number of carbonyl (C=O) groups excluding carboxylic acids is 1. The van der Waals surface area contributed by atoms with Gasteiger partial charge < -0.3 is 4.90 Å². The lowest BCUT2D eigenvalue weighted by molar-refractivity contribution is -0.138. The van der Waals surface area contributed by atoms with Crippen LogP contribution in [0.1, 0.15) is 33.1 Å². The molecule has 1 saturated heterocycles. The summed E-state index contributed by atoms with van der Waals surface area (Å²) < 4.78 is 24.6. The summed E-state index contributed by atoms with van der Waals surface area (Å²) in [6, 6.07) is 2.06. The summed E-state index contributed by atoms with van der Waals surface area (Å²) in [5.41, 5.74) is 0. The predicted molar refractivity (Wildman–Crippen MR) is 76.2 cm³/mol. The Morgan fingerprint density at radius 3 is 2.65 bits per heavy atom. The summed E-state index contributed by atoms with van der Waals surface area (Å²) in [6.45, 7) is 4.97. The molecule has 0 aromatic rings. The monoisotopic (exact) mass is 301 g/mol. The number of piperidine rings is 1. The van der Waals surface area contributed by atoms with E-state index >= 15 is 0 Å². The minimum Gasteiger partial charge on any atom is -0.339 e. The Balaban J connectivity index is 2.76. The molecule has 0 saturated carbocycles. The number of nitrogens with zero attached hydrogens (tertiary/aromatic N) is 3. The minimum absolute atomic E-state index is 0.0180. The SMILES string of the molecule is CC(C)N(CCC#N)C(=O)[C@@H]1CCCN(S(C)(=O)=O)C1. The maximum atomic E-state index is 12.5. The van der Waals surface area contributed by atoms with Crippen LogP contribution in [0.2, 0.25) is 0 Å². The second-order valence-electron chi connectivity index (χ2n) is 5.49. The first-order valence-corrected chi connectivity index (χ1v) is 8.74. The van der Waals surface area contributed by atoms with Gasteiger partial charge in [-0.3, -0.25) is 4.79 Å². The summed E-state index contributed by atoms with van der Waals surface area (Å²) in [6.07, 6.45) is 2.89. The summed E-state index contributed by atoms with van der Waals surface area (Å²) in [4.78, 5) is 14.2. The van der Waals surface area contributed by atoms with E-state index in [1.165, 1.54) is 10.6 Å². The quantitative estimate of drug-likeness (QED) is 0.752. The van der Waals surface area contributed by atoms with Crippen molar-refractivity contribution in [1.29, 1.82) is 5.26 Å². The van der Waals surface area contributed by atoms with Crippen LogP contribution in [0.25, 0.3) is 0 Å².